The summed E-state index contributed by atoms with van der Waals surface area (Å²) >= 11 is 14.3. The van der Waals surface area contributed by atoms with E-state index >= 15 is 0 Å². The number of rotatable bonds is 10. The molecule has 0 bridgehead atoms. The Hall–Kier alpha value is -3.26. The topological polar surface area (TPSA) is 61.4 Å². The predicted octanol–water partition coefficient (Wildman–Crippen LogP) is 7.15. The van der Waals surface area contributed by atoms with Crippen LogP contribution in [-0.2, 0) is 12.2 Å². The quantitative estimate of drug-likeness (QED) is 0.118. The third-order valence-corrected chi connectivity index (χ3v) is 8.56. The molecule has 1 saturated heterocycles. The van der Waals surface area contributed by atoms with Gasteiger partial charge >= 0.3 is 0 Å². The fraction of sp³-hybridized carbons (Fsp3) is 0.281. The van der Waals surface area contributed by atoms with Gasteiger partial charge in [-0.25, -0.2) is 9.97 Å². The van der Waals surface area contributed by atoms with Crippen molar-refractivity contribution in [2.45, 2.75) is 36.7 Å². The SMILES string of the molecule is CC(CCc1ccccc1)NC(=O)c1ccc(CSc2nc(Cl)cc(N3CCN(c4ccccc4Cl)CC3)n2)cc1. The van der Waals surface area contributed by atoms with E-state index in [1.54, 1.807) is 0 Å². The summed E-state index contributed by atoms with van der Waals surface area (Å²) in [6.07, 6.45) is 1.83. The van der Waals surface area contributed by atoms with E-state index in [1.807, 2.05) is 73.7 Å². The van der Waals surface area contributed by atoms with Crippen LogP contribution in [0.4, 0.5) is 11.5 Å². The number of hydrogen-bond donors (Lipinski definition) is 1. The lowest BCUT2D eigenvalue weighted by molar-refractivity contribution is 0.0938. The molecule has 1 atom stereocenters. The zero-order valence-corrected chi connectivity index (χ0v) is 25.3. The number of nitrogens with one attached hydrogen (secondary N) is 1. The molecule has 2 heterocycles. The van der Waals surface area contributed by atoms with E-state index in [0.717, 1.165) is 61.1 Å². The Kier molecular flexibility index (Phi) is 10.0. The average molecular weight is 607 g/mol. The van der Waals surface area contributed by atoms with Gasteiger partial charge in [-0.1, -0.05) is 89.6 Å². The summed E-state index contributed by atoms with van der Waals surface area (Å²) in [7, 11) is 0. The van der Waals surface area contributed by atoms with E-state index in [9.17, 15) is 4.79 Å². The highest BCUT2D eigenvalue weighted by Gasteiger charge is 2.21. The summed E-state index contributed by atoms with van der Waals surface area (Å²) in [6, 6.07) is 27.9. The lowest BCUT2D eigenvalue weighted by atomic mass is 10.1. The maximum atomic E-state index is 12.7. The van der Waals surface area contributed by atoms with Crippen LogP contribution >= 0.6 is 35.0 Å². The summed E-state index contributed by atoms with van der Waals surface area (Å²) in [4.78, 5) is 26.5. The summed E-state index contributed by atoms with van der Waals surface area (Å²) < 4.78 is 0. The first-order valence-corrected chi connectivity index (χ1v) is 15.5. The van der Waals surface area contributed by atoms with Crippen molar-refractivity contribution in [3.63, 3.8) is 0 Å². The minimum absolute atomic E-state index is 0.0535. The molecule has 0 spiro atoms. The number of anilines is 2. The molecule has 0 aliphatic carbocycles. The molecule has 1 amide bonds. The number of halogens is 2. The van der Waals surface area contributed by atoms with Crippen LogP contribution in [-0.4, -0.2) is 48.1 Å². The van der Waals surface area contributed by atoms with Crippen LogP contribution < -0.4 is 15.1 Å². The molecule has 4 aromatic rings. The minimum Gasteiger partial charge on any atom is -0.367 e. The van der Waals surface area contributed by atoms with Gasteiger partial charge in [-0.15, -0.1) is 0 Å². The molecule has 0 saturated carbocycles. The summed E-state index contributed by atoms with van der Waals surface area (Å²) in [5, 5.41) is 4.94. The second kappa shape index (κ2) is 14.1. The Labute approximate surface area is 256 Å². The zero-order valence-electron chi connectivity index (χ0n) is 23.0. The molecule has 1 aromatic heterocycles. The molecule has 1 N–H and O–H groups in total. The highest BCUT2D eigenvalue weighted by molar-refractivity contribution is 7.98. The number of hydrogen-bond acceptors (Lipinski definition) is 6. The number of piperazine rings is 1. The van der Waals surface area contributed by atoms with Crippen LogP contribution in [0.2, 0.25) is 10.2 Å². The summed E-state index contributed by atoms with van der Waals surface area (Å²) in [5.41, 5.74) is 4.08. The third-order valence-electron chi connectivity index (χ3n) is 7.13. The van der Waals surface area contributed by atoms with Crippen LogP contribution in [0.1, 0.15) is 34.8 Å². The van der Waals surface area contributed by atoms with Crippen molar-refractivity contribution in [3.05, 3.63) is 112 Å². The molecule has 6 nitrogen and oxygen atoms in total. The van der Waals surface area contributed by atoms with E-state index in [2.05, 4.69) is 38.3 Å². The molecule has 41 heavy (non-hydrogen) atoms. The van der Waals surface area contributed by atoms with Gasteiger partial charge in [0.1, 0.15) is 11.0 Å². The fourth-order valence-electron chi connectivity index (χ4n) is 4.80. The largest absolute Gasteiger partial charge is 0.367 e. The first-order chi connectivity index (χ1) is 19.9. The van der Waals surface area contributed by atoms with Crippen LogP contribution in [0, 0.1) is 0 Å². The van der Waals surface area contributed by atoms with E-state index in [4.69, 9.17) is 28.2 Å². The summed E-state index contributed by atoms with van der Waals surface area (Å²) in [6.45, 7) is 5.37. The maximum Gasteiger partial charge on any atom is 0.251 e. The Bertz CT molecular complexity index is 1450. The number of para-hydroxylation sites is 1. The Balaban J connectivity index is 1.12. The minimum atomic E-state index is -0.0535. The second-order valence-electron chi connectivity index (χ2n) is 10.1. The van der Waals surface area contributed by atoms with E-state index in [-0.39, 0.29) is 11.9 Å². The van der Waals surface area contributed by atoms with Gasteiger partial charge in [-0.2, -0.15) is 0 Å². The fourth-order valence-corrected chi connectivity index (χ4v) is 6.10. The number of aromatic nitrogens is 2. The number of amides is 1. The molecule has 1 aliphatic heterocycles. The van der Waals surface area contributed by atoms with Gasteiger partial charge in [0, 0.05) is 49.6 Å². The third kappa shape index (κ3) is 8.15. The van der Waals surface area contributed by atoms with Crippen LogP contribution in [0.15, 0.2) is 90.1 Å². The highest BCUT2D eigenvalue weighted by Crippen LogP contribution is 2.29. The Morgan fingerprint density at radius 3 is 2.29 bits per heavy atom. The van der Waals surface area contributed by atoms with E-state index < -0.39 is 0 Å². The average Bonchev–Trinajstić information content (AvgIpc) is 3.00. The first kappa shape index (κ1) is 29.2. The molecule has 5 rings (SSSR count). The summed E-state index contributed by atoms with van der Waals surface area (Å²) in [5.74, 6) is 1.46. The highest BCUT2D eigenvalue weighted by atomic mass is 35.5. The van der Waals surface area contributed by atoms with Crippen molar-refractivity contribution in [1.82, 2.24) is 15.3 Å². The van der Waals surface area contributed by atoms with Crippen molar-refractivity contribution in [1.29, 1.82) is 0 Å². The number of thioether (sulfide) groups is 1. The number of nitrogens with zero attached hydrogens (tertiary/aromatic N) is 4. The number of aryl methyl sites for hydroxylation is 1. The smallest absolute Gasteiger partial charge is 0.251 e. The van der Waals surface area contributed by atoms with E-state index in [0.29, 0.717) is 21.6 Å². The molecular formula is C32H33Cl2N5OS. The maximum absolute atomic E-state index is 12.7. The Morgan fingerprint density at radius 1 is 0.878 bits per heavy atom. The van der Waals surface area contributed by atoms with Crippen LogP contribution in [0.5, 0.6) is 0 Å². The van der Waals surface area contributed by atoms with Crippen LogP contribution in [0.25, 0.3) is 0 Å². The van der Waals surface area contributed by atoms with Gasteiger partial charge in [0.2, 0.25) is 0 Å². The molecule has 3 aromatic carbocycles. The molecule has 1 fully saturated rings. The molecular weight excluding hydrogens is 573 g/mol. The normalized spacial score (nSPS) is 14.1. The predicted molar refractivity (Wildman–Crippen MR) is 171 cm³/mol. The van der Waals surface area contributed by atoms with Crippen LogP contribution in [0.3, 0.4) is 0 Å². The molecule has 0 radical (unpaired) electrons. The van der Waals surface area contributed by atoms with Gasteiger partial charge in [0.25, 0.3) is 5.91 Å². The second-order valence-corrected chi connectivity index (χ2v) is 11.9. The monoisotopic (exact) mass is 605 g/mol. The molecule has 1 aliphatic rings. The Morgan fingerprint density at radius 2 is 1.56 bits per heavy atom. The zero-order chi connectivity index (χ0) is 28.6. The number of carbonyl (C=O) groups is 1. The lowest BCUT2D eigenvalue weighted by Gasteiger charge is -2.37. The molecule has 212 valence electrons. The van der Waals surface area contributed by atoms with Crippen molar-refractivity contribution in [2.75, 3.05) is 36.0 Å². The first-order valence-electron chi connectivity index (χ1n) is 13.8. The van der Waals surface area contributed by atoms with Gasteiger partial charge in [-0.05, 0) is 55.2 Å². The van der Waals surface area contributed by atoms with Crippen molar-refractivity contribution in [3.8, 4) is 0 Å². The standard InChI is InChI=1S/C32H33Cl2N5OS/c1-23(11-12-24-7-3-2-4-8-24)35-31(40)26-15-13-25(14-16-26)22-41-32-36-29(34)21-30(37-32)39-19-17-38(18-20-39)28-10-6-5-9-27(28)33/h2-10,13-16,21,23H,11-12,17-20,22H2,1H3,(H,35,40). The van der Waals surface area contributed by atoms with Gasteiger partial charge < -0.3 is 15.1 Å². The molecule has 9 heteroatoms. The number of benzene rings is 3. The van der Waals surface area contributed by atoms with Gasteiger partial charge in [0.05, 0.1) is 10.7 Å². The van der Waals surface area contributed by atoms with Crippen molar-refractivity contribution in [2.24, 2.45) is 0 Å². The van der Waals surface area contributed by atoms with Gasteiger partial charge in [0.15, 0.2) is 5.16 Å². The number of carbonyl (C=O) groups excluding carboxylic acids is 1. The van der Waals surface area contributed by atoms with E-state index in [1.165, 1.54) is 17.3 Å². The van der Waals surface area contributed by atoms with Gasteiger partial charge in [-0.3, -0.25) is 4.79 Å². The van der Waals surface area contributed by atoms with Crippen molar-refractivity contribution >= 4 is 52.4 Å². The molecule has 1 unspecified atom stereocenters. The lowest BCUT2D eigenvalue weighted by Crippen LogP contribution is -2.47. The van der Waals surface area contributed by atoms with Crippen molar-refractivity contribution < 1.29 is 4.79 Å².